The maximum Gasteiger partial charge on any atom is 0.0478 e. The van der Waals surface area contributed by atoms with E-state index in [2.05, 4.69) is 78.6 Å². The van der Waals surface area contributed by atoms with Crippen molar-refractivity contribution in [1.29, 1.82) is 0 Å². The van der Waals surface area contributed by atoms with Gasteiger partial charge in [0.25, 0.3) is 0 Å². The Kier molecular flexibility index (Phi) is 4.65. The van der Waals surface area contributed by atoms with E-state index in [-0.39, 0.29) is 0 Å². The van der Waals surface area contributed by atoms with Crippen LogP contribution in [0, 0.1) is 6.92 Å². The number of aryl methyl sites for hydroxylation is 2. The van der Waals surface area contributed by atoms with Crippen LogP contribution in [-0.4, -0.2) is 4.98 Å². The van der Waals surface area contributed by atoms with E-state index in [4.69, 9.17) is 0 Å². The Balaban J connectivity index is 1.83. The fraction of sp³-hybridized carbons (Fsp3) is 0.190. The molecule has 1 atom stereocenters. The van der Waals surface area contributed by atoms with Gasteiger partial charge < -0.3 is 0 Å². The monoisotopic (exact) mass is 287 g/mol. The highest BCUT2D eigenvalue weighted by molar-refractivity contribution is 5.29. The minimum atomic E-state index is 0.350. The minimum absolute atomic E-state index is 0.350. The Hall–Kier alpha value is -2.41. The van der Waals surface area contributed by atoms with Crippen LogP contribution in [0.25, 0.3) is 0 Å². The van der Waals surface area contributed by atoms with Gasteiger partial charge in [0.15, 0.2) is 0 Å². The van der Waals surface area contributed by atoms with Crippen LogP contribution < -0.4 is 0 Å². The molecule has 2 aromatic carbocycles. The predicted octanol–water partition coefficient (Wildman–Crippen LogP) is 5.15. The molecule has 0 aliphatic carbocycles. The second-order valence-electron chi connectivity index (χ2n) is 5.75. The van der Waals surface area contributed by atoms with Gasteiger partial charge in [-0.2, -0.15) is 0 Å². The molecule has 0 bridgehead atoms. The average Bonchev–Trinajstić information content (AvgIpc) is 2.57. The summed E-state index contributed by atoms with van der Waals surface area (Å²) in [5.41, 5.74) is 5.22. The lowest BCUT2D eigenvalue weighted by Crippen LogP contribution is -2.05. The average molecular weight is 287 g/mol. The molecule has 0 aliphatic rings. The Bertz CT molecular complexity index is 665. The predicted molar refractivity (Wildman–Crippen MR) is 92.0 cm³/mol. The number of rotatable bonds is 5. The summed E-state index contributed by atoms with van der Waals surface area (Å²) in [4.78, 5) is 4.59. The molecule has 0 radical (unpaired) electrons. The first kappa shape index (κ1) is 14.5. The first-order valence-corrected chi connectivity index (χ1v) is 7.84. The van der Waals surface area contributed by atoms with Gasteiger partial charge in [0.05, 0.1) is 0 Å². The molecule has 0 saturated carbocycles. The van der Waals surface area contributed by atoms with Crippen LogP contribution in [0.1, 0.15) is 34.7 Å². The molecule has 0 aliphatic heterocycles. The van der Waals surface area contributed by atoms with E-state index in [1.807, 2.05) is 12.3 Å². The van der Waals surface area contributed by atoms with Gasteiger partial charge in [-0.25, -0.2) is 0 Å². The van der Waals surface area contributed by atoms with Crippen LogP contribution >= 0.6 is 0 Å². The molecule has 1 aromatic heterocycles. The van der Waals surface area contributed by atoms with E-state index in [0.717, 1.165) is 18.5 Å². The quantitative estimate of drug-likeness (QED) is 0.632. The van der Waals surface area contributed by atoms with Crippen molar-refractivity contribution in [3.8, 4) is 0 Å². The van der Waals surface area contributed by atoms with Crippen molar-refractivity contribution >= 4 is 0 Å². The van der Waals surface area contributed by atoms with Crippen molar-refractivity contribution in [2.45, 2.75) is 25.7 Å². The summed E-state index contributed by atoms with van der Waals surface area (Å²) in [5.74, 6) is 0.350. The molecule has 0 fully saturated rings. The molecule has 0 spiro atoms. The topological polar surface area (TPSA) is 12.9 Å². The zero-order valence-corrected chi connectivity index (χ0v) is 12.9. The third-order valence-electron chi connectivity index (χ3n) is 4.05. The van der Waals surface area contributed by atoms with E-state index in [9.17, 15) is 0 Å². The van der Waals surface area contributed by atoms with Crippen LogP contribution in [0.5, 0.6) is 0 Å². The molecule has 110 valence electrons. The molecular weight excluding hydrogens is 266 g/mol. The van der Waals surface area contributed by atoms with Crippen molar-refractivity contribution in [3.63, 3.8) is 0 Å². The molecule has 22 heavy (non-hydrogen) atoms. The Morgan fingerprint density at radius 2 is 1.68 bits per heavy atom. The smallest absolute Gasteiger partial charge is 0.0478 e. The van der Waals surface area contributed by atoms with E-state index in [1.54, 1.807) is 0 Å². The summed E-state index contributed by atoms with van der Waals surface area (Å²) in [6.07, 6.45) is 4.03. The van der Waals surface area contributed by atoms with Crippen LogP contribution in [0.2, 0.25) is 0 Å². The number of hydrogen-bond donors (Lipinski definition) is 0. The Labute approximate surface area is 132 Å². The van der Waals surface area contributed by atoms with Crippen LogP contribution in [0.4, 0.5) is 0 Å². The van der Waals surface area contributed by atoms with E-state index < -0.39 is 0 Å². The van der Waals surface area contributed by atoms with Gasteiger partial charge >= 0.3 is 0 Å². The van der Waals surface area contributed by atoms with Crippen molar-refractivity contribution in [1.82, 2.24) is 4.98 Å². The molecule has 0 amide bonds. The molecule has 3 aromatic rings. The number of nitrogens with zero attached hydrogens (tertiary/aromatic N) is 1. The Morgan fingerprint density at radius 1 is 0.864 bits per heavy atom. The SMILES string of the molecule is Cc1cccc(CCC(c2ccccc2)c2ccccn2)c1. The third-order valence-corrected chi connectivity index (χ3v) is 4.05. The van der Waals surface area contributed by atoms with Gasteiger partial charge in [-0.15, -0.1) is 0 Å². The summed E-state index contributed by atoms with van der Waals surface area (Å²) in [5, 5.41) is 0. The summed E-state index contributed by atoms with van der Waals surface area (Å²) in [6, 6.07) is 25.7. The maximum atomic E-state index is 4.59. The summed E-state index contributed by atoms with van der Waals surface area (Å²) >= 11 is 0. The fourth-order valence-corrected chi connectivity index (χ4v) is 2.93. The summed E-state index contributed by atoms with van der Waals surface area (Å²) in [6.45, 7) is 2.15. The van der Waals surface area contributed by atoms with Crippen molar-refractivity contribution in [3.05, 3.63) is 101 Å². The molecule has 0 N–H and O–H groups in total. The van der Waals surface area contributed by atoms with Gasteiger partial charge in [0, 0.05) is 17.8 Å². The standard InChI is InChI=1S/C21H21N/c1-17-8-7-9-18(16-17)13-14-20(19-10-3-2-4-11-19)21-12-5-6-15-22-21/h2-12,15-16,20H,13-14H2,1H3. The fourth-order valence-electron chi connectivity index (χ4n) is 2.93. The third kappa shape index (κ3) is 3.62. The van der Waals surface area contributed by atoms with Crippen LogP contribution in [0.3, 0.4) is 0 Å². The van der Waals surface area contributed by atoms with Crippen molar-refractivity contribution < 1.29 is 0 Å². The van der Waals surface area contributed by atoms with E-state index >= 15 is 0 Å². The molecule has 1 heteroatoms. The molecule has 1 heterocycles. The molecule has 1 nitrogen and oxygen atoms in total. The Morgan fingerprint density at radius 3 is 2.41 bits per heavy atom. The van der Waals surface area contributed by atoms with Gasteiger partial charge in [-0.1, -0.05) is 66.2 Å². The lowest BCUT2D eigenvalue weighted by molar-refractivity contribution is 0.695. The lowest BCUT2D eigenvalue weighted by Gasteiger charge is -2.17. The molecule has 0 saturated heterocycles. The maximum absolute atomic E-state index is 4.59. The number of benzene rings is 2. The second-order valence-corrected chi connectivity index (χ2v) is 5.75. The lowest BCUT2D eigenvalue weighted by atomic mass is 9.89. The number of pyridine rings is 1. The van der Waals surface area contributed by atoms with E-state index in [0.29, 0.717) is 5.92 Å². The second kappa shape index (κ2) is 7.04. The van der Waals surface area contributed by atoms with Gasteiger partial charge in [-0.05, 0) is 43.0 Å². The number of hydrogen-bond acceptors (Lipinski definition) is 1. The van der Waals surface area contributed by atoms with Crippen LogP contribution in [0.15, 0.2) is 79.0 Å². The molecule has 3 rings (SSSR count). The summed E-state index contributed by atoms with van der Waals surface area (Å²) < 4.78 is 0. The first-order valence-electron chi connectivity index (χ1n) is 7.84. The van der Waals surface area contributed by atoms with Gasteiger partial charge in [-0.3, -0.25) is 4.98 Å². The van der Waals surface area contributed by atoms with Gasteiger partial charge in [0.2, 0.25) is 0 Å². The highest BCUT2D eigenvalue weighted by Gasteiger charge is 2.15. The summed E-state index contributed by atoms with van der Waals surface area (Å²) in [7, 11) is 0. The van der Waals surface area contributed by atoms with Crippen molar-refractivity contribution in [2.75, 3.05) is 0 Å². The number of aromatic nitrogens is 1. The van der Waals surface area contributed by atoms with Crippen LogP contribution in [-0.2, 0) is 6.42 Å². The normalized spacial score (nSPS) is 12.0. The zero-order valence-electron chi connectivity index (χ0n) is 12.9. The minimum Gasteiger partial charge on any atom is -0.261 e. The van der Waals surface area contributed by atoms with Crippen molar-refractivity contribution in [2.24, 2.45) is 0 Å². The van der Waals surface area contributed by atoms with Gasteiger partial charge in [0.1, 0.15) is 0 Å². The first-order chi connectivity index (χ1) is 10.8. The largest absolute Gasteiger partial charge is 0.261 e. The van der Waals surface area contributed by atoms with E-state index in [1.165, 1.54) is 16.7 Å². The highest BCUT2D eigenvalue weighted by Crippen LogP contribution is 2.28. The molecule has 1 unspecified atom stereocenters. The zero-order chi connectivity index (χ0) is 15.2. The molecular formula is C21H21N. The highest BCUT2D eigenvalue weighted by atomic mass is 14.7.